The largest absolute Gasteiger partial charge is 0.361 e. The lowest BCUT2D eigenvalue weighted by molar-refractivity contribution is 0.507. The summed E-state index contributed by atoms with van der Waals surface area (Å²) in [5, 5.41) is 2.78. The van der Waals surface area contributed by atoms with Gasteiger partial charge < -0.3 is 9.88 Å². The molecular formula is C12H11F2N3O. The minimum absolute atomic E-state index is 0.171. The highest BCUT2D eigenvalue weighted by Crippen LogP contribution is 2.09. The van der Waals surface area contributed by atoms with Gasteiger partial charge in [0, 0.05) is 26.0 Å². The number of aromatic nitrogens is 2. The van der Waals surface area contributed by atoms with Gasteiger partial charge in [-0.15, -0.1) is 0 Å². The van der Waals surface area contributed by atoms with Crippen LogP contribution in [0.4, 0.5) is 14.6 Å². The molecule has 1 N–H and O–H groups in total. The molecule has 18 heavy (non-hydrogen) atoms. The number of benzene rings is 1. The third-order valence-electron chi connectivity index (χ3n) is 2.46. The first-order chi connectivity index (χ1) is 8.58. The second kappa shape index (κ2) is 4.95. The molecule has 1 aromatic heterocycles. The minimum atomic E-state index is -0.914. The maximum absolute atomic E-state index is 13.0. The average molecular weight is 251 g/mol. The smallest absolute Gasteiger partial charge is 0.293 e. The van der Waals surface area contributed by atoms with Crippen molar-refractivity contribution in [3.63, 3.8) is 0 Å². The Morgan fingerprint density at radius 2 is 2.11 bits per heavy atom. The summed E-state index contributed by atoms with van der Waals surface area (Å²) in [5.41, 5.74) is 0.252. The number of anilines is 1. The monoisotopic (exact) mass is 251 g/mol. The maximum atomic E-state index is 13.0. The molecule has 1 aromatic carbocycles. The fourth-order valence-corrected chi connectivity index (χ4v) is 1.45. The van der Waals surface area contributed by atoms with E-state index in [0.717, 1.165) is 12.1 Å². The van der Waals surface area contributed by atoms with Crippen LogP contribution >= 0.6 is 0 Å². The van der Waals surface area contributed by atoms with Crippen LogP contribution in [-0.2, 0) is 13.6 Å². The molecular weight excluding hydrogens is 240 g/mol. The van der Waals surface area contributed by atoms with Crippen molar-refractivity contribution in [2.45, 2.75) is 6.54 Å². The summed E-state index contributed by atoms with van der Waals surface area (Å²) in [6, 6.07) is 3.57. The van der Waals surface area contributed by atoms with Crippen LogP contribution in [-0.4, -0.2) is 9.55 Å². The number of hydrogen-bond donors (Lipinski definition) is 1. The van der Waals surface area contributed by atoms with E-state index in [4.69, 9.17) is 0 Å². The molecule has 0 aliphatic carbocycles. The summed E-state index contributed by atoms with van der Waals surface area (Å²) in [5.74, 6) is -1.64. The number of halogens is 2. The number of nitrogens with one attached hydrogen (secondary N) is 1. The topological polar surface area (TPSA) is 46.9 Å². The van der Waals surface area contributed by atoms with Gasteiger partial charge in [0.05, 0.1) is 0 Å². The molecule has 2 rings (SSSR count). The molecule has 0 spiro atoms. The highest BCUT2D eigenvalue weighted by Gasteiger charge is 2.05. The van der Waals surface area contributed by atoms with Crippen LogP contribution in [0.25, 0.3) is 0 Å². The van der Waals surface area contributed by atoms with Crippen molar-refractivity contribution in [3.05, 3.63) is 58.1 Å². The molecule has 0 aliphatic rings. The second-order valence-electron chi connectivity index (χ2n) is 3.79. The fourth-order valence-electron chi connectivity index (χ4n) is 1.45. The van der Waals surface area contributed by atoms with E-state index in [-0.39, 0.29) is 17.9 Å². The lowest BCUT2D eigenvalue weighted by Crippen LogP contribution is -2.21. The zero-order valence-electron chi connectivity index (χ0n) is 9.65. The first-order valence-electron chi connectivity index (χ1n) is 5.27. The van der Waals surface area contributed by atoms with Crippen molar-refractivity contribution in [2.24, 2.45) is 7.05 Å². The predicted molar refractivity (Wildman–Crippen MR) is 63.2 cm³/mol. The molecule has 0 aliphatic heterocycles. The summed E-state index contributed by atoms with van der Waals surface area (Å²) in [6.07, 6.45) is 3.01. The van der Waals surface area contributed by atoms with Gasteiger partial charge in [0.25, 0.3) is 5.56 Å². The van der Waals surface area contributed by atoms with Crippen LogP contribution in [0.5, 0.6) is 0 Å². The number of hydrogen-bond acceptors (Lipinski definition) is 3. The third-order valence-corrected chi connectivity index (χ3v) is 2.46. The van der Waals surface area contributed by atoms with Gasteiger partial charge in [-0.1, -0.05) is 6.07 Å². The molecule has 94 valence electrons. The van der Waals surface area contributed by atoms with E-state index in [9.17, 15) is 13.6 Å². The number of nitrogens with zero attached hydrogens (tertiary/aromatic N) is 2. The van der Waals surface area contributed by atoms with Crippen LogP contribution in [0.1, 0.15) is 5.56 Å². The molecule has 6 heteroatoms. The quantitative estimate of drug-likeness (QED) is 0.902. The predicted octanol–water partition coefficient (Wildman–Crippen LogP) is 1.67. The normalized spacial score (nSPS) is 10.4. The molecule has 0 fully saturated rings. The Bertz CT molecular complexity index is 625. The van der Waals surface area contributed by atoms with Crippen LogP contribution < -0.4 is 10.9 Å². The van der Waals surface area contributed by atoms with Gasteiger partial charge in [0.1, 0.15) is 0 Å². The van der Waals surface area contributed by atoms with E-state index in [1.54, 1.807) is 7.05 Å². The first-order valence-corrected chi connectivity index (χ1v) is 5.27. The van der Waals surface area contributed by atoms with Crippen molar-refractivity contribution in [3.8, 4) is 0 Å². The molecule has 0 radical (unpaired) electrons. The van der Waals surface area contributed by atoms with Crippen LogP contribution in [0, 0.1) is 11.6 Å². The van der Waals surface area contributed by atoms with Crippen molar-refractivity contribution in [1.29, 1.82) is 0 Å². The van der Waals surface area contributed by atoms with Gasteiger partial charge in [-0.25, -0.2) is 13.8 Å². The zero-order chi connectivity index (χ0) is 13.1. The minimum Gasteiger partial charge on any atom is -0.361 e. The first kappa shape index (κ1) is 12.2. The van der Waals surface area contributed by atoms with Gasteiger partial charge >= 0.3 is 0 Å². The van der Waals surface area contributed by atoms with Gasteiger partial charge in [-0.2, -0.15) is 0 Å². The number of rotatable bonds is 3. The summed E-state index contributed by atoms with van der Waals surface area (Å²) >= 11 is 0. The Kier molecular flexibility index (Phi) is 3.36. The zero-order valence-corrected chi connectivity index (χ0v) is 9.65. The Morgan fingerprint density at radius 3 is 2.83 bits per heavy atom. The summed E-state index contributed by atoms with van der Waals surface area (Å²) < 4.78 is 27.1. The summed E-state index contributed by atoms with van der Waals surface area (Å²) in [4.78, 5) is 15.5. The fraction of sp³-hybridized carbons (Fsp3) is 0.167. The molecule has 0 bridgehead atoms. The van der Waals surface area contributed by atoms with Crippen molar-refractivity contribution >= 4 is 5.82 Å². The van der Waals surface area contributed by atoms with E-state index in [1.807, 2.05) is 0 Å². The molecule has 0 amide bonds. The van der Waals surface area contributed by atoms with Crippen molar-refractivity contribution in [1.82, 2.24) is 9.55 Å². The SMILES string of the molecule is Cn1ccnc(NCc2ccc(F)c(F)c2)c1=O. The Labute approximate surface area is 102 Å². The number of aryl methyl sites for hydroxylation is 1. The van der Waals surface area contributed by atoms with Crippen LogP contribution in [0.3, 0.4) is 0 Å². The van der Waals surface area contributed by atoms with Crippen molar-refractivity contribution < 1.29 is 8.78 Å². The van der Waals surface area contributed by atoms with Gasteiger partial charge in [0.15, 0.2) is 17.5 Å². The van der Waals surface area contributed by atoms with E-state index in [2.05, 4.69) is 10.3 Å². The second-order valence-corrected chi connectivity index (χ2v) is 3.79. The molecule has 0 saturated carbocycles. The Hall–Kier alpha value is -2.24. The molecule has 4 nitrogen and oxygen atoms in total. The maximum Gasteiger partial charge on any atom is 0.293 e. The molecule has 0 saturated heterocycles. The van der Waals surface area contributed by atoms with Gasteiger partial charge in [0.2, 0.25) is 0 Å². The molecule has 0 unspecified atom stereocenters. The van der Waals surface area contributed by atoms with E-state index in [1.165, 1.54) is 23.0 Å². The van der Waals surface area contributed by atoms with Gasteiger partial charge in [-0.3, -0.25) is 4.79 Å². The summed E-state index contributed by atoms with van der Waals surface area (Å²) in [6.45, 7) is 0.198. The molecule has 1 heterocycles. The highest BCUT2D eigenvalue weighted by molar-refractivity contribution is 5.32. The van der Waals surface area contributed by atoms with E-state index in [0.29, 0.717) is 5.56 Å². The lowest BCUT2D eigenvalue weighted by atomic mass is 10.2. The average Bonchev–Trinajstić information content (AvgIpc) is 2.35. The Balaban J connectivity index is 2.14. The van der Waals surface area contributed by atoms with Gasteiger partial charge in [-0.05, 0) is 17.7 Å². The molecule has 2 aromatic rings. The van der Waals surface area contributed by atoms with E-state index >= 15 is 0 Å². The standard InChI is InChI=1S/C12H11F2N3O/c1-17-5-4-15-11(12(17)18)16-7-8-2-3-9(13)10(14)6-8/h2-6H,7H2,1H3,(H,15,16). The molecule has 0 atom stereocenters. The highest BCUT2D eigenvalue weighted by atomic mass is 19.2. The van der Waals surface area contributed by atoms with Crippen molar-refractivity contribution in [2.75, 3.05) is 5.32 Å². The van der Waals surface area contributed by atoms with Crippen LogP contribution in [0.15, 0.2) is 35.4 Å². The Morgan fingerprint density at radius 1 is 1.33 bits per heavy atom. The van der Waals surface area contributed by atoms with Crippen LogP contribution in [0.2, 0.25) is 0 Å². The lowest BCUT2D eigenvalue weighted by Gasteiger charge is -2.06. The van der Waals surface area contributed by atoms with E-state index < -0.39 is 11.6 Å². The third kappa shape index (κ3) is 2.53. The summed E-state index contributed by atoms with van der Waals surface area (Å²) in [7, 11) is 1.60.